The average Bonchev–Trinajstić information content (AvgIpc) is 4.03. The molecule has 2 aliphatic carbocycles. The minimum Gasteiger partial charge on any atom is -0.310 e. The maximum absolute atomic E-state index is 2.54. The van der Waals surface area contributed by atoms with Gasteiger partial charge in [0.05, 0.1) is 11.4 Å². The molecule has 2 unspecified atom stereocenters. The summed E-state index contributed by atoms with van der Waals surface area (Å²) in [5.41, 5.74) is 16.4. The number of para-hydroxylation sites is 2. The zero-order valence-electron chi connectivity index (χ0n) is 41.1. The molecule has 0 bridgehead atoms. The number of anilines is 6. The molecule has 74 heavy (non-hydrogen) atoms. The van der Waals surface area contributed by atoms with Crippen molar-refractivity contribution in [1.82, 2.24) is 0 Å². The minimum absolute atomic E-state index is 0.509. The van der Waals surface area contributed by atoms with E-state index in [4.69, 9.17) is 0 Å². The second-order valence-corrected chi connectivity index (χ2v) is 21.0. The molecule has 14 aromatic carbocycles. The third-order valence-corrected chi connectivity index (χ3v) is 17.6. The van der Waals surface area contributed by atoms with Gasteiger partial charge in [-0.2, -0.15) is 0 Å². The number of hydrogen-bond donors (Lipinski definition) is 0. The Labute approximate surface area is 430 Å². The van der Waals surface area contributed by atoms with Crippen LogP contribution >= 0.6 is 0 Å². The van der Waals surface area contributed by atoms with E-state index in [1.807, 2.05) is 0 Å². The summed E-state index contributed by atoms with van der Waals surface area (Å²) < 4.78 is 0. The quantitative estimate of drug-likeness (QED) is 0.147. The predicted octanol–water partition coefficient (Wildman–Crippen LogP) is 19.7. The molecule has 14 aromatic rings. The minimum atomic E-state index is -0.509. The number of benzene rings is 14. The van der Waals surface area contributed by atoms with Crippen molar-refractivity contribution in [3.05, 3.63) is 277 Å². The molecule has 0 saturated carbocycles. The third-order valence-electron chi connectivity index (χ3n) is 17.6. The molecule has 2 heteroatoms. The van der Waals surface area contributed by atoms with Crippen LogP contribution in [0.25, 0.3) is 86.9 Å². The summed E-state index contributed by atoms with van der Waals surface area (Å²) in [5, 5.41) is 15.4. The van der Waals surface area contributed by atoms with Gasteiger partial charge in [0, 0.05) is 44.4 Å². The Balaban J connectivity index is 0.930. The first-order valence-electron chi connectivity index (χ1n) is 26.0. The van der Waals surface area contributed by atoms with Crippen LogP contribution < -0.4 is 9.80 Å². The smallest absolute Gasteiger partial charge is 0.0540 e. The van der Waals surface area contributed by atoms with E-state index in [0.29, 0.717) is 0 Å². The highest BCUT2D eigenvalue weighted by molar-refractivity contribution is 6.27. The molecule has 0 aliphatic heterocycles. The molecule has 0 amide bonds. The summed E-state index contributed by atoms with van der Waals surface area (Å²) in [6.07, 6.45) is 0. The molecule has 0 aromatic heterocycles. The molecule has 2 nitrogen and oxygen atoms in total. The first-order chi connectivity index (χ1) is 36.5. The van der Waals surface area contributed by atoms with Gasteiger partial charge >= 0.3 is 0 Å². The Morgan fingerprint density at radius 3 is 1.00 bits per heavy atom. The molecule has 0 radical (unpaired) electrons. The molecule has 0 N–H and O–H groups in total. The fourth-order valence-electron chi connectivity index (χ4n) is 14.2. The highest BCUT2D eigenvalue weighted by Gasteiger charge is 2.57. The van der Waals surface area contributed by atoms with Crippen LogP contribution in [-0.4, -0.2) is 0 Å². The standard InChI is InChI=1S/C72H48N2/c1-71(61-25-11-9-23-55(61)57-39-35-53(43-63(57)71)73(51-19-5-3-6-20-51)65-41-33-49-29-27-45-15-13-17-47-31-37-59(65)69(49)67(45)47)72(2)62-26-12-10-24-56(62)58-40-36-54(44-64(58)72)74(52-21-7-4-8-22-52)66-42-34-50-30-28-46-16-14-18-48-32-38-60(66)70(50)68(46)48/h3-44H,1-2H3. The van der Waals surface area contributed by atoms with Gasteiger partial charge in [-0.25, -0.2) is 0 Å². The van der Waals surface area contributed by atoms with Crippen molar-refractivity contribution in [2.45, 2.75) is 24.7 Å². The lowest BCUT2D eigenvalue weighted by molar-refractivity contribution is 0.376. The highest BCUT2D eigenvalue weighted by atomic mass is 15.1. The summed E-state index contributed by atoms with van der Waals surface area (Å²) in [6, 6.07) is 96.0. The number of fused-ring (bicyclic) bond motifs is 6. The van der Waals surface area contributed by atoms with Crippen LogP contribution in [0.1, 0.15) is 36.1 Å². The van der Waals surface area contributed by atoms with Crippen molar-refractivity contribution >= 4 is 98.8 Å². The van der Waals surface area contributed by atoms with Gasteiger partial charge in [-0.3, -0.25) is 0 Å². The summed E-state index contributed by atoms with van der Waals surface area (Å²) in [6.45, 7) is 5.08. The van der Waals surface area contributed by atoms with E-state index in [0.717, 1.165) is 22.7 Å². The Kier molecular flexibility index (Phi) is 8.47. The van der Waals surface area contributed by atoms with Crippen molar-refractivity contribution in [2.75, 3.05) is 9.80 Å². The fraction of sp³-hybridized carbons (Fsp3) is 0.0556. The van der Waals surface area contributed by atoms with Crippen molar-refractivity contribution in [1.29, 1.82) is 0 Å². The SMILES string of the molecule is CC1(C2(C)c3ccccc3-c3ccc(N(c4ccccc4)c4ccc5ccc6cccc7ccc4c5c67)cc32)c2ccccc2-c2ccc(N(c3ccccc3)c3ccc4ccc5cccc6ccc3c4c56)cc21. The summed E-state index contributed by atoms with van der Waals surface area (Å²) in [5.74, 6) is 0. The zero-order valence-corrected chi connectivity index (χ0v) is 41.1. The summed E-state index contributed by atoms with van der Waals surface area (Å²) in [4.78, 5) is 5.00. The van der Waals surface area contributed by atoms with Crippen molar-refractivity contribution in [2.24, 2.45) is 0 Å². The van der Waals surface area contributed by atoms with Gasteiger partial charge in [-0.05, 0) is 159 Å². The van der Waals surface area contributed by atoms with Crippen LogP contribution in [-0.2, 0) is 10.8 Å². The average molecular weight is 941 g/mol. The van der Waals surface area contributed by atoms with Crippen LogP contribution in [0.4, 0.5) is 34.1 Å². The lowest BCUT2D eigenvalue weighted by Crippen LogP contribution is -2.44. The van der Waals surface area contributed by atoms with Crippen molar-refractivity contribution in [3.63, 3.8) is 0 Å². The van der Waals surface area contributed by atoms with Crippen molar-refractivity contribution in [3.8, 4) is 22.3 Å². The first kappa shape index (κ1) is 41.4. The van der Waals surface area contributed by atoms with Crippen LogP contribution in [0, 0.1) is 0 Å². The van der Waals surface area contributed by atoms with Gasteiger partial charge in [0.25, 0.3) is 0 Å². The lowest BCUT2D eigenvalue weighted by atomic mass is 9.56. The monoisotopic (exact) mass is 940 g/mol. The molecule has 0 heterocycles. The first-order valence-corrected chi connectivity index (χ1v) is 26.0. The number of hydrogen-bond acceptors (Lipinski definition) is 2. The molecule has 2 atom stereocenters. The molecule has 0 spiro atoms. The lowest BCUT2D eigenvalue weighted by Gasteiger charge is -2.45. The highest BCUT2D eigenvalue weighted by Crippen LogP contribution is 2.66. The van der Waals surface area contributed by atoms with Gasteiger partial charge in [0.2, 0.25) is 0 Å². The fourth-order valence-corrected chi connectivity index (χ4v) is 14.2. The van der Waals surface area contributed by atoms with E-state index < -0.39 is 10.8 Å². The van der Waals surface area contributed by atoms with Crippen LogP contribution in [0.2, 0.25) is 0 Å². The van der Waals surface area contributed by atoms with E-state index in [-0.39, 0.29) is 0 Å². The van der Waals surface area contributed by atoms with Gasteiger partial charge in [-0.15, -0.1) is 0 Å². The van der Waals surface area contributed by atoms with Gasteiger partial charge in [-0.1, -0.05) is 208 Å². The topological polar surface area (TPSA) is 6.48 Å². The molecule has 0 fully saturated rings. The normalized spacial score (nSPS) is 16.6. The van der Waals surface area contributed by atoms with Crippen LogP contribution in [0.15, 0.2) is 255 Å². The van der Waals surface area contributed by atoms with Crippen molar-refractivity contribution < 1.29 is 0 Å². The van der Waals surface area contributed by atoms with Crippen LogP contribution in [0.5, 0.6) is 0 Å². The predicted molar refractivity (Wildman–Crippen MR) is 313 cm³/mol. The Bertz CT molecular complexity index is 4270. The molecule has 0 saturated heterocycles. The van der Waals surface area contributed by atoms with E-state index in [9.17, 15) is 0 Å². The van der Waals surface area contributed by atoms with Crippen LogP contribution in [0.3, 0.4) is 0 Å². The Morgan fingerprint density at radius 1 is 0.243 bits per heavy atom. The van der Waals surface area contributed by atoms with Gasteiger partial charge in [0.15, 0.2) is 0 Å². The molecular weight excluding hydrogens is 893 g/mol. The Hall–Kier alpha value is -9.24. The number of nitrogens with zero attached hydrogens (tertiary/aromatic N) is 2. The van der Waals surface area contributed by atoms with E-state index in [1.54, 1.807) is 0 Å². The summed E-state index contributed by atoms with van der Waals surface area (Å²) >= 11 is 0. The Morgan fingerprint density at radius 2 is 0.581 bits per heavy atom. The molecule has 16 rings (SSSR count). The molecule has 346 valence electrons. The second-order valence-electron chi connectivity index (χ2n) is 21.0. The maximum Gasteiger partial charge on any atom is 0.0540 e. The van der Waals surface area contributed by atoms with E-state index in [1.165, 1.54) is 121 Å². The third kappa shape index (κ3) is 5.44. The zero-order chi connectivity index (χ0) is 48.9. The van der Waals surface area contributed by atoms with E-state index >= 15 is 0 Å². The molecular formula is C72H48N2. The summed E-state index contributed by atoms with van der Waals surface area (Å²) in [7, 11) is 0. The molecule has 2 aliphatic rings. The van der Waals surface area contributed by atoms with Gasteiger partial charge < -0.3 is 9.80 Å². The van der Waals surface area contributed by atoms with Gasteiger partial charge in [0.1, 0.15) is 0 Å². The van der Waals surface area contributed by atoms with E-state index in [2.05, 4.69) is 278 Å². The largest absolute Gasteiger partial charge is 0.310 e. The maximum atomic E-state index is 2.54. The number of rotatable bonds is 7. The second kappa shape index (κ2) is 15.1.